The predicted molar refractivity (Wildman–Crippen MR) is 334 cm³/mol. The third kappa shape index (κ3) is 19.8. The van der Waals surface area contributed by atoms with Crippen molar-refractivity contribution in [3.8, 4) is 17.2 Å². The first kappa shape index (κ1) is 69.7. The Morgan fingerprint density at radius 3 is 2.15 bits per heavy atom. The van der Waals surface area contributed by atoms with E-state index in [0.717, 1.165) is 22.4 Å². The molecule has 89 heavy (non-hydrogen) atoms. The molecule has 4 aromatic rings. The summed E-state index contributed by atoms with van der Waals surface area (Å²) in [7, 11) is 9.28. The molecule has 5 atom stereocenters. The van der Waals surface area contributed by atoms with Crippen molar-refractivity contribution >= 4 is 63.9 Å². The monoisotopic (exact) mass is 1230 g/mol. The van der Waals surface area contributed by atoms with Gasteiger partial charge in [0.25, 0.3) is 11.8 Å². The average molecular weight is 1230 g/mol. The highest BCUT2D eigenvalue weighted by Gasteiger charge is 2.44. The molecule has 6 amide bonds. The molecule has 2 aliphatic heterocycles. The molecule has 0 aliphatic carbocycles. The molecule has 2 bridgehead atoms. The highest BCUT2D eigenvalue weighted by atomic mass is 16.5. The SMILES string of the molecule is CCCC[C@H]1C(=O)N[C@@H](Cc2ccc3ccccc3c2)C(=O)N(C)[C@@H](COC(C)(C)C)C(=O)NCC(=O)N(C)CC/C=C/C(=O)OCC(C)(C)C(=O)C(=O)N2CCN(C)C[C@H]2C(=O)O[C@H](CCc2ccc(OC)c(OC)c2)c2cccc(c2)OCC(=O)N1C. The summed E-state index contributed by atoms with van der Waals surface area (Å²) in [5.41, 5.74) is -0.256. The van der Waals surface area contributed by atoms with E-state index in [1.807, 2.05) is 66.4 Å². The van der Waals surface area contributed by atoms with E-state index in [9.17, 15) is 38.4 Å². The number of ketones is 1. The van der Waals surface area contributed by atoms with Gasteiger partial charge in [-0.25, -0.2) is 9.59 Å². The van der Waals surface area contributed by atoms with Crippen molar-refractivity contribution < 1.29 is 71.6 Å². The van der Waals surface area contributed by atoms with Gasteiger partial charge in [-0.2, -0.15) is 0 Å². The van der Waals surface area contributed by atoms with Crippen LogP contribution in [-0.4, -0.2) is 202 Å². The first-order valence-corrected chi connectivity index (χ1v) is 30.2. The number of piperazine rings is 1. The third-order valence-corrected chi connectivity index (χ3v) is 15.9. The lowest BCUT2D eigenvalue weighted by Gasteiger charge is -2.39. The van der Waals surface area contributed by atoms with E-state index in [1.54, 1.807) is 58.2 Å². The number of nitrogens with one attached hydrogen (secondary N) is 2. The molecular weight excluding hydrogens is 1140 g/mol. The van der Waals surface area contributed by atoms with Crippen LogP contribution in [0.15, 0.2) is 97.1 Å². The van der Waals surface area contributed by atoms with Crippen molar-refractivity contribution in [3.05, 3.63) is 114 Å². The van der Waals surface area contributed by atoms with Crippen molar-refractivity contribution in [1.82, 2.24) is 35.1 Å². The molecule has 1 fully saturated rings. The van der Waals surface area contributed by atoms with Crippen LogP contribution in [0.5, 0.6) is 17.2 Å². The zero-order valence-electron chi connectivity index (χ0n) is 53.6. The first-order chi connectivity index (χ1) is 42.2. The maximum absolute atomic E-state index is 15.1. The van der Waals surface area contributed by atoms with Gasteiger partial charge in [-0.3, -0.25) is 33.6 Å². The topological polar surface area (TPSA) is 249 Å². The fourth-order valence-corrected chi connectivity index (χ4v) is 10.3. The average Bonchev–Trinajstić information content (AvgIpc) is 2.08. The molecule has 0 spiro atoms. The summed E-state index contributed by atoms with van der Waals surface area (Å²) < 4.78 is 35.1. The summed E-state index contributed by atoms with van der Waals surface area (Å²) in [5.74, 6) is -5.18. The number of fused-ring (bicyclic) bond motifs is 4. The summed E-state index contributed by atoms with van der Waals surface area (Å²) in [6.07, 6.45) is 3.87. The van der Waals surface area contributed by atoms with Gasteiger partial charge in [-0.15, -0.1) is 0 Å². The summed E-state index contributed by atoms with van der Waals surface area (Å²) in [5, 5.41) is 7.50. The number of carbonyl (C=O) groups excluding carboxylic acids is 9. The number of hydrogen-bond donors (Lipinski definition) is 2. The Labute approximate surface area is 522 Å². The standard InChI is InChI=1S/C67H89N7O15/c1-13-14-24-51-62(80)69-50(36-45-26-29-46-20-15-16-21-47(46)35-45)63(81)73(10)53(41-88-66(2,3)4)61(79)68-39-57(75)71(8)32-18-17-25-59(77)87-43-67(5,6)60(78)64(82)74-34-33-70(7)40-52(74)65(83)89-54(30-27-44-28-31-55(84-11)56(37-44)85-12)48-22-19-23-49(38-48)86-42-58(76)72(51)9/h15-17,19-23,25-26,28-29,31,35,37-38,50-54H,13-14,18,24,27,30,32-34,36,39-43H2,1-12H3,(H,68,79)(H,69,80)/b25-17+/t50-,51-,52-,53-,54+/m0/s1. The highest BCUT2D eigenvalue weighted by molar-refractivity contribution is 6.38. The van der Waals surface area contributed by atoms with Crippen molar-refractivity contribution in [3.63, 3.8) is 0 Å². The van der Waals surface area contributed by atoms with E-state index < -0.39 is 114 Å². The lowest BCUT2D eigenvalue weighted by atomic mass is 9.87. The second-order valence-corrected chi connectivity index (χ2v) is 24.3. The maximum Gasteiger partial charge on any atom is 0.330 e. The molecule has 2 N–H and O–H groups in total. The number of aryl methyl sites for hydroxylation is 1. The number of cyclic esters (lactones) is 2. The molecule has 4 aromatic carbocycles. The van der Waals surface area contributed by atoms with Gasteiger partial charge in [0.05, 0.1) is 38.4 Å². The van der Waals surface area contributed by atoms with Crippen LogP contribution in [0.25, 0.3) is 10.8 Å². The van der Waals surface area contributed by atoms with Gasteiger partial charge in [0.1, 0.15) is 42.6 Å². The van der Waals surface area contributed by atoms with Gasteiger partial charge in [-0.1, -0.05) is 86.5 Å². The minimum absolute atomic E-state index is 0.00237. The number of nitrogens with zero attached hydrogens (tertiary/aromatic N) is 5. The first-order valence-electron chi connectivity index (χ1n) is 30.2. The van der Waals surface area contributed by atoms with Crippen molar-refractivity contribution in [2.45, 2.75) is 122 Å². The van der Waals surface area contributed by atoms with Gasteiger partial charge >= 0.3 is 11.9 Å². The Balaban J connectivity index is 1.36. The lowest BCUT2D eigenvalue weighted by molar-refractivity contribution is -0.166. The fraction of sp³-hybridized carbons (Fsp3) is 0.507. The summed E-state index contributed by atoms with van der Waals surface area (Å²) >= 11 is 0. The number of hydrogen-bond acceptors (Lipinski definition) is 16. The molecule has 0 aromatic heterocycles. The Hall–Kier alpha value is -8.37. The van der Waals surface area contributed by atoms with E-state index in [2.05, 4.69) is 10.6 Å². The van der Waals surface area contributed by atoms with Crippen molar-refractivity contribution in [2.75, 3.05) is 95.0 Å². The number of benzene rings is 4. The second kappa shape index (κ2) is 32.2. The minimum Gasteiger partial charge on any atom is -0.493 e. The summed E-state index contributed by atoms with van der Waals surface area (Å²) in [6.45, 7) is 9.05. The lowest BCUT2D eigenvalue weighted by Crippen LogP contribution is -2.60. The number of unbranched alkanes of at least 4 members (excludes halogenated alkanes) is 1. The molecule has 22 nitrogen and oxygen atoms in total. The molecule has 482 valence electrons. The normalized spacial score (nSPS) is 22.1. The third-order valence-electron chi connectivity index (χ3n) is 15.9. The van der Waals surface area contributed by atoms with Crippen LogP contribution < -0.4 is 24.8 Å². The number of esters is 2. The van der Waals surface area contributed by atoms with Gasteiger partial charge in [-0.05, 0) is 119 Å². The van der Waals surface area contributed by atoms with E-state index in [4.69, 9.17) is 28.4 Å². The number of amides is 6. The fourth-order valence-electron chi connectivity index (χ4n) is 10.3. The van der Waals surface area contributed by atoms with Crippen LogP contribution in [0.2, 0.25) is 0 Å². The predicted octanol–water partition coefficient (Wildman–Crippen LogP) is 5.66. The number of carbonyl (C=O) groups is 9. The Kier molecular flexibility index (Phi) is 25.2. The van der Waals surface area contributed by atoms with Gasteiger partial charge < -0.3 is 63.6 Å². The largest absolute Gasteiger partial charge is 0.493 e. The molecule has 0 radical (unpaired) electrons. The molecular formula is C67H89N7O15. The van der Waals surface area contributed by atoms with E-state index in [0.29, 0.717) is 48.4 Å². The molecule has 0 unspecified atom stereocenters. The Morgan fingerprint density at radius 2 is 1.44 bits per heavy atom. The number of rotatable bonds is 12. The van der Waals surface area contributed by atoms with E-state index in [-0.39, 0.29) is 57.7 Å². The quantitative estimate of drug-likeness (QED) is 0.128. The number of likely N-dealkylation sites (N-methyl/N-ethyl adjacent to an activating group) is 4. The number of ether oxygens (including phenoxy) is 6. The van der Waals surface area contributed by atoms with Crippen LogP contribution in [0, 0.1) is 5.41 Å². The molecule has 6 rings (SSSR count). The maximum atomic E-state index is 15.1. The second-order valence-electron chi connectivity index (χ2n) is 24.3. The van der Waals surface area contributed by atoms with Crippen molar-refractivity contribution in [2.24, 2.45) is 5.41 Å². The Bertz CT molecular complexity index is 3200. The molecule has 2 heterocycles. The van der Waals surface area contributed by atoms with Crippen LogP contribution in [0.3, 0.4) is 0 Å². The van der Waals surface area contributed by atoms with Crippen LogP contribution in [0.1, 0.15) is 96.4 Å². The van der Waals surface area contributed by atoms with Gasteiger partial charge in [0.2, 0.25) is 29.4 Å². The van der Waals surface area contributed by atoms with Crippen LogP contribution in [0.4, 0.5) is 0 Å². The van der Waals surface area contributed by atoms with E-state index >= 15 is 4.79 Å². The molecule has 2 aliphatic rings. The number of methoxy groups -OCH3 is 2. The van der Waals surface area contributed by atoms with Crippen LogP contribution in [-0.2, 0) is 70.2 Å². The van der Waals surface area contributed by atoms with Gasteiger partial charge in [0, 0.05) is 59.8 Å². The highest BCUT2D eigenvalue weighted by Crippen LogP contribution is 2.32. The van der Waals surface area contributed by atoms with E-state index in [1.165, 1.54) is 74.9 Å². The summed E-state index contributed by atoms with van der Waals surface area (Å²) in [6, 6.07) is 20.7. The zero-order chi connectivity index (χ0) is 65.2. The minimum atomic E-state index is -1.52. The number of Topliss-reactive ketones (excluding diaryl/α,β-unsaturated/α-hetero) is 1. The van der Waals surface area contributed by atoms with Crippen LogP contribution >= 0.6 is 0 Å². The van der Waals surface area contributed by atoms with Gasteiger partial charge in [0.15, 0.2) is 18.1 Å². The summed E-state index contributed by atoms with van der Waals surface area (Å²) in [4.78, 5) is 135. The van der Waals surface area contributed by atoms with Crippen molar-refractivity contribution in [1.29, 1.82) is 0 Å². The smallest absolute Gasteiger partial charge is 0.330 e. The Morgan fingerprint density at radius 1 is 0.719 bits per heavy atom. The molecule has 1 saturated heterocycles. The zero-order valence-corrected chi connectivity index (χ0v) is 53.6. The molecule has 0 saturated carbocycles. The molecule has 22 heteroatoms.